The second-order valence-electron chi connectivity index (χ2n) is 6.68. The standard InChI is InChI=1S/C21H22N2O2/c1-14-17-13-19(21(24)22-12-11-15-7-3-2-4-8-15)25-20(17)16-9-5-6-10-18(16)23-14/h5-7,9-10,13H,2-4,8,11-12H2,1H3,(H,22,24). The summed E-state index contributed by atoms with van der Waals surface area (Å²) < 4.78 is 5.90. The number of nitrogens with zero attached hydrogens (tertiary/aromatic N) is 1. The van der Waals surface area contributed by atoms with Gasteiger partial charge in [-0.2, -0.15) is 0 Å². The molecule has 1 aliphatic rings. The second-order valence-corrected chi connectivity index (χ2v) is 6.68. The van der Waals surface area contributed by atoms with Gasteiger partial charge in [-0.05, 0) is 57.2 Å². The molecule has 4 nitrogen and oxygen atoms in total. The Balaban J connectivity index is 1.54. The molecule has 3 aromatic rings. The maximum atomic E-state index is 12.5. The van der Waals surface area contributed by atoms with E-state index in [1.54, 1.807) is 6.07 Å². The number of hydrogen-bond donors (Lipinski definition) is 1. The van der Waals surface area contributed by atoms with E-state index in [0.717, 1.165) is 40.4 Å². The van der Waals surface area contributed by atoms with E-state index < -0.39 is 0 Å². The average Bonchev–Trinajstić information content (AvgIpc) is 3.09. The van der Waals surface area contributed by atoms with Crippen molar-refractivity contribution in [3.05, 3.63) is 53.4 Å². The first-order valence-electron chi connectivity index (χ1n) is 8.97. The van der Waals surface area contributed by atoms with E-state index in [9.17, 15) is 4.79 Å². The van der Waals surface area contributed by atoms with E-state index in [1.807, 2.05) is 31.2 Å². The van der Waals surface area contributed by atoms with Gasteiger partial charge in [-0.3, -0.25) is 9.78 Å². The fourth-order valence-corrected chi connectivity index (χ4v) is 3.53. The van der Waals surface area contributed by atoms with Crippen molar-refractivity contribution in [2.75, 3.05) is 6.54 Å². The number of amides is 1. The monoisotopic (exact) mass is 334 g/mol. The molecule has 0 radical (unpaired) electrons. The summed E-state index contributed by atoms with van der Waals surface area (Å²) in [5, 5.41) is 4.82. The van der Waals surface area contributed by atoms with Crippen molar-refractivity contribution in [1.82, 2.24) is 10.3 Å². The number of allylic oxidation sites excluding steroid dienone is 1. The first kappa shape index (κ1) is 15.9. The largest absolute Gasteiger partial charge is 0.450 e. The van der Waals surface area contributed by atoms with E-state index in [-0.39, 0.29) is 5.91 Å². The van der Waals surface area contributed by atoms with E-state index in [4.69, 9.17) is 4.42 Å². The van der Waals surface area contributed by atoms with Gasteiger partial charge in [-0.1, -0.05) is 23.8 Å². The number of aryl methyl sites for hydroxylation is 1. The number of nitrogens with one attached hydrogen (secondary N) is 1. The number of benzene rings is 1. The van der Waals surface area contributed by atoms with Gasteiger partial charge in [0.2, 0.25) is 0 Å². The Morgan fingerprint density at radius 2 is 2.12 bits per heavy atom. The zero-order valence-electron chi connectivity index (χ0n) is 14.5. The molecule has 2 heterocycles. The number of rotatable bonds is 4. The molecule has 4 rings (SSSR count). The minimum absolute atomic E-state index is 0.156. The van der Waals surface area contributed by atoms with Crippen LogP contribution in [0.5, 0.6) is 0 Å². The zero-order valence-corrected chi connectivity index (χ0v) is 14.5. The van der Waals surface area contributed by atoms with Crippen LogP contribution in [0.1, 0.15) is 48.4 Å². The zero-order chi connectivity index (χ0) is 17.2. The molecular formula is C21H22N2O2. The highest BCUT2D eigenvalue weighted by molar-refractivity contribution is 6.06. The molecule has 25 heavy (non-hydrogen) atoms. The van der Waals surface area contributed by atoms with E-state index >= 15 is 0 Å². The SMILES string of the molecule is Cc1nc2ccccc2c2oc(C(=O)NCCC3=CCCCC3)cc12. The number of hydrogen-bond acceptors (Lipinski definition) is 3. The van der Waals surface area contributed by atoms with Gasteiger partial charge >= 0.3 is 0 Å². The van der Waals surface area contributed by atoms with Crippen molar-refractivity contribution in [2.45, 2.75) is 39.0 Å². The number of furan rings is 1. The molecule has 0 unspecified atom stereocenters. The lowest BCUT2D eigenvalue weighted by Crippen LogP contribution is -2.24. The quantitative estimate of drug-likeness (QED) is 0.690. The minimum Gasteiger partial charge on any atom is -0.450 e. The normalized spacial score (nSPS) is 14.7. The van der Waals surface area contributed by atoms with Crippen LogP contribution in [0.15, 0.2) is 46.4 Å². The number of aromatic nitrogens is 1. The lowest BCUT2D eigenvalue weighted by Gasteiger charge is -2.12. The third kappa shape index (κ3) is 3.16. The molecule has 4 heteroatoms. The molecule has 1 aromatic carbocycles. The molecule has 128 valence electrons. The Kier molecular flexibility index (Phi) is 4.26. The number of fused-ring (bicyclic) bond motifs is 3. The summed E-state index contributed by atoms with van der Waals surface area (Å²) in [7, 11) is 0. The molecule has 1 aliphatic carbocycles. The lowest BCUT2D eigenvalue weighted by atomic mass is 9.97. The number of carbonyl (C=O) groups excluding carboxylic acids is 1. The van der Waals surface area contributed by atoms with E-state index in [2.05, 4.69) is 16.4 Å². The van der Waals surface area contributed by atoms with Crippen LogP contribution in [0.25, 0.3) is 21.9 Å². The van der Waals surface area contributed by atoms with Gasteiger partial charge in [0.05, 0.1) is 5.52 Å². The molecule has 0 saturated heterocycles. The van der Waals surface area contributed by atoms with Gasteiger partial charge in [-0.25, -0.2) is 0 Å². The van der Waals surface area contributed by atoms with Crippen LogP contribution >= 0.6 is 0 Å². The molecule has 1 N–H and O–H groups in total. The Morgan fingerprint density at radius 1 is 1.24 bits per heavy atom. The highest BCUT2D eigenvalue weighted by atomic mass is 16.3. The summed E-state index contributed by atoms with van der Waals surface area (Å²) in [5.41, 5.74) is 3.97. The van der Waals surface area contributed by atoms with Gasteiger partial charge in [0.15, 0.2) is 5.76 Å². The summed E-state index contributed by atoms with van der Waals surface area (Å²) in [6.45, 7) is 2.60. The average molecular weight is 334 g/mol. The van der Waals surface area contributed by atoms with Crippen LogP contribution in [0.3, 0.4) is 0 Å². The summed E-state index contributed by atoms with van der Waals surface area (Å²) in [5.74, 6) is 0.199. The molecule has 0 bridgehead atoms. The third-order valence-corrected chi connectivity index (χ3v) is 4.90. The number of carbonyl (C=O) groups is 1. The molecule has 0 spiro atoms. The summed E-state index contributed by atoms with van der Waals surface area (Å²) in [4.78, 5) is 17.1. The first-order chi connectivity index (χ1) is 12.2. The summed E-state index contributed by atoms with van der Waals surface area (Å²) in [6.07, 6.45) is 8.13. The van der Waals surface area contributed by atoms with Crippen molar-refractivity contribution in [2.24, 2.45) is 0 Å². The highest BCUT2D eigenvalue weighted by Gasteiger charge is 2.16. The second kappa shape index (κ2) is 6.71. The molecule has 0 fully saturated rings. The minimum atomic E-state index is -0.156. The van der Waals surface area contributed by atoms with Crippen LogP contribution in [0.2, 0.25) is 0 Å². The van der Waals surface area contributed by atoms with Crippen molar-refractivity contribution in [1.29, 1.82) is 0 Å². The molecule has 0 atom stereocenters. The van der Waals surface area contributed by atoms with Crippen LogP contribution in [0.4, 0.5) is 0 Å². The fourth-order valence-electron chi connectivity index (χ4n) is 3.53. The molecule has 1 amide bonds. The van der Waals surface area contributed by atoms with Crippen molar-refractivity contribution in [3.8, 4) is 0 Å². The third-order valence-electron chi connectivity index (χ3n) is 4.90. The summed E-state index contributed by atoms with van der Waals surface area (Å²) >= 11 is 0. The molecule has 0 aliphatic heterocycles. The van der Waals surface area contributed by atoms with Crippen LogP contribution in [-0.2, 0) is 0 Å². The summed E-state index contributed by atoms with van der Waals surface area (Å²) in [6, 6.07) is 9.65. The smallest absolute Gasteiger partial charge is 0.287 e. The van der Waals surface area contributed by atoms with E-state index in [0.29, 0.717) is 12.3 Å². The Morgan fingerprint density at radius 3 is 2.96 bits per heavy atom. The maximum Gasteiger partial charge on any atom is 0.287 e. The number of para-hydroxylation sites is 1. The van der Waals surface area contributed by atoms with Gasteiger partial charge in [0.25, 0.3) is 5.91 Å². The van der Waals surface area contributed by atoms with Crippen molar-refractivity contribution >= 4 is 27.8 Å². The van der Waals surface area contributed by atoms with Crippen LogP contribution in [-0.4, -0.2) is 17.4 Å². The van der Waals surface area contributed by atoms with Gasteiger partial charge < -0.3 is 9.73 Å². The molecular weight excluding hydrogens is 312 g/mol. The highest BCUT2D eigenvalue weighted by Crippen LogP contribution is 2.29. The predicted octanol–water partition coefficient (Wildman–Crippen LogP) is 4.91. The maximum absolute atomic E-state index is 12.5. The Hall–Kier alpha value is -2.62. The van der Waals surface area contributed by atoms with Gasteiger partial charge in [-0.15, -0.1) is 0 Å². The van der Waals surface area contributed by atoms with Crippen molar-refractivity contribution in [3.63, 3.8) is 0 Å². The van der Waals surface area contributed by atoms with Crippen molar-refractivity contribution < 1.29 is 9.21 Å². The van der Waals surface area contributed by atoms with Gasteiger partial charge in [0, 0.05) is 23.0 Å². The number of pyridine rings is 1. The van der Waals surface area contributed by atoms with Gasteiger partial charge in [0.1, 0.15) is 5.58 Å². The molecule has 0 saturated carbocycles. The lowest BCUT2D eigenvalue weighted by molar-refractivity contribution is 0.0928. The first-order valence-corrected chi connectivity index (χ1v) is 8.97. The topological polar surface area (TPSA) is 55.1 Å². The van der Waals surface area contributed by atoms with Crippen LogP contribution in [0, 0.1) is 6.92 Å². The Labute approximate surface area is 146 Å². The predicted molar refractivity (Wildman–Crippen MR) is 99.8 cm³/mol. The van der Waals surface area contributed by atoms with E-state index in [1.165, 1.54) is 24.8 Å². The Bertz CT molecular complexity index is 969. The fraction of sp³-hybridized carbons (Fsp3) is 0.333. The molecule has 2 aromatic heterocycles. The van der Waals surface area contributed by atoms with Crippen LogP contribution < -0.4 is 5.32 Å².